The van der Waals surface area contributed by atoms with E-state index in [2.05, 4.69) is 4.98 Å². The van der Waals surface area contributed by atoms with Crippen molar-refractivity contribution in [2.24, 2.45) is 0 Å². The third-order valence-electron chi connectivity index (χ3n) is 2.80. The predicted molar refractivity (Wildman–Crippen MR) is 78.9 cm³/mol. The van der Waals surface area contributed by atoms with Crippen molar-refractivity contribution in [3.05, 3.63) is 57.4 Å². The number of carbonyl (C=O) groups is 1. The smallest absolute Gasteiger partial charge is 0.222 e. The van der Waals surface area contributed by atoms with Gasteiger partial charge in [0.05, 0.1) is 15.4 Å². The van der Waals surface area contributed by atoms with E-state index in [-0.39, 0.29) is 5.78 Å². The Bertz CT molecular complexity index is 782. The summed E-state index contributed by atoms with van der Waals surface area (Å²) in [4.78, 5) is 17.2. The van der Waals surface area contributed by atoms with Crippen LogP contribution < -0.4 is 5.73 Å². The zero-order chi connectivity index (χ0) is 13.4. The lowest BCUT2D eigenvalue weighted by Crippen LogP contribution is -2.04. The Morgan fingerprint density at radius 2 is 2.05 bits per heavy atom. The second-order valence-electron chi connectivity index (χ2n) is 4.04. The van der Waals surface area contributed by atoms with E-state index in [4.69, 9.17) is 17.3 Å². The second kappa shape index (κ2) is 4.64. The maximum Gasteiger partial charge on any atom is 0.222 e. The first-order valence-corrected chi connectivity index (χ1v) is 6.85. The molecule has 2 aromatic heterocycles. The van der Waals surface area contributed by atoms with E-state index < -0.39 is 0 Å². The molecule has 94 valence electrons. The summed E-state index contributed by atoms with van der Waals surface area (Å²) in [5, 5.41) is 3.07. The molecule has 2 heterocycles. The first-order chi connectivity index (χ1) is 9.16. The van der Waals surface area contributed by atoms with E-state index in [1.54, 1.807) is 17.5 Å². The Morgan fingerprint density at radius 1 is 1.26 bits per heavy atom. The standard InChI is InChI=1S/C14H9ClN2OS/c15-9-5-6-19-14(9)13(18)12-7-10(16)8-3-1-2-4-11(8)17-12/h1-7H,(H2,16,17). The molecule has 0 saturated heterocycles. The number of pyridine rings is 1. The van der Waals surface area contributed by atoms with Crippen LogP contribution in [0.4, 0.5) is 5.69 Å². The first kappa shape index (κ1) is 12.1. The Hall–Kier alpha value is -1.91. The van der Waals surface area contributed by atoms with Crippen LogP contribution in [0.1, 0.15) is 15.4 Å². The van der Waals surface area contributed by atoms with Gasteiger partial charge in [-0.25, -0.2) is 4.98 Å². The summed E-state index contributed by atoms with van der Waals surface area (Å²) >= 11 is 7.27. The second-order valence-corrected chi connectivity index (χ2v) is 5.36. The van der Waals surface area contributed by atoms with Crippen molar-refractivity contribution in [1.82, 2.24) is 4.98 Å². The molecule has 0 aliphatic heterocycles. The number of hydrogen-bond acceptors (Lipinski definition) is 4. The van der Waals surface area contributed by atoms with Gasteiger partial charge in [-0.1, -0.05) is 29.8 Å². The largest absolute Gasteiger partial charge is 0.398 e. The van der Waals surface area contributed by atoms with E-state index in [1.165, 1.54) is 11.3 Å². The van der Waals surface area contributed by atoms with Crippen LogP contribution in [0.3, 0.4) is 0 Å². The molecule has 0 aliphatic rings. The lowest BCUT2D eigenvalue weighted by molar-refractivity contribution is 0.103. The third-order valence-corrected chi connectivity index (χ3v) is 4.14. The molecule has 3 rings (SSSR count). The lowest BCUT2D eigenvalue weighted by Gasteiger charge is -2.05. The van der Waals surface area contributed by atoms with Crippen LogP contribution in [0.15, 0.2) is 41.8 Å². The fourth-order valence-corrected chi connectivity index (χ4v) is 2.98. The average Bonchev–Trinajstić information content (AvgIpc) is 2.84. The summed E-state index contributed by atoms with van der Waals surface area (Å²) in [7, 11) is 0. The van der Waals surface area contributed by atoms with Gasteiger partial charge in [0.2, 0.25) is 5.78 Å². The number of nitrogen functional groups attached to an aromatic ring is 1. The van der Waals surface area contributed by atoms with Gasteiger partial charge in [-0.2, -0.15) is 0 Å². The molecule has 19 heavy (non-hydrogen) atoms. The number of thiophene rings is 1. The van der Waals surface area contributed by atoms with Gasteiger partial charge in [-0.05, 0) is 23.6 Å². The Balaban J connectivity index is 2.16. The number of fused-ring (bicyclic) bond motifs is 1. The van der Waals surface area contributed by atoms with Crippen molar-refractivity contribution in [1.29, 1.82) is 0 Å². The van der Waals surface area contributed by atoms with E-state index in [9.17, 15) is 4.79 Å². The highest BCUT2D eigenvalue weighted by molar-refractivity contribution is 7.13. The highest BCUT2D eigenvalue weighted by Gasteiger charge is 2.17. The fraction of sp³-hybridized carbons (Fsp3) is 0. The number of hydrogen-bond donors (Lipinski definition) is 1. The molecular formula is C14H9ClN2OS. The molecule has 0 fully saturated rings. The van der Waals surface area contributed by atoms with Gasteiger partial charge in [0.15, 0.2) is 0 Å². The molecule has 2 N–H and O–H groups in total. The van der Waals surface area contributed by atoms with Crippen molar-refractivity contribution in [2.45, 2.75) is 0 Å². The number of halogens is 1. The molecule has 0 amide bonds. The van der Waals surface area contributed by atoms with Gasteiger partial charge in [0.25, 0.3) is 0 Å². The maximum absolute atomic E-state index is 12.3. The number of nitrogens with zero attached hydrogens (tertiary/aromatic N) is 1. The zero-order valence-corrected chi connectivity index (χ0v) is 11.3. The summed E-state index contributed by atoms with van der Waals surface area (Å²) in [5.74, 6) is -0.197. The number of carbonyl (C=O) groups excluding carboxylic acids is 1. The Kier molecular flexibility index (Phi) is 2.97. The van der Waals surface area contributed by atoms with Crippen LogP contribution in [-0.2, 0) is 0 Å². The molecule has 0 saturated carbocycles. The lowest BCUT2D eigenvalue weighted by atomic mass is 10.1. The number of benzene rings is 1. The van der Waals surface area contributed by atoms with Gasteiger partial charge in [0, 0.05) is 11.1 Å². The summed E-state index contributed by atoms with van der Waals surface area (Å²) in [6.07, 6.45) is 0. The molecule has 0 aliphatic carbocycles. The van der Waals surface area contributed by atoms with E-state index in [0.29, 0.717) is 26.8 Å². The molecule has 0 atom stereocenters. The Labute approximate surface area is 118 Å². The molecule has 0 unspecified atom stereocenters. The van der Waals surface area contributed by atoms with Crippen LogP contribution in [0.5, 0.6) is 0 Å². The highest BCUT2D eigenvalue weighted by atomic mass is 35.5. The maximum atomic E-state index is 12.3. The van der Waals surface area contributed by atoms with Crippen LogP contribution in [0.2, 0.25) is 5.02 Å². The van der Waals surface area contributed by atoms with Crippen molar-refractivity contribution in [3.63, 3.8) is 0 Å². The van der Waals surface area contributed by atoms with Gasteiger partial charge >= 0.3 is 0 Å². The molecule has 3 aromatic rings. The fourth-order valence-electron chi connectivity index (χ4n) is 1.89. The van der Waals surface area contributed by atoms with Crippen LogP contribution in [0.25, 0.3) is 10.9 Å². The Morgan fingerprint density at radius 3 is 2.79 bits per heavy atom. The highest BCUT2D eigenvalue weighted by Crippen LogP contribution is 2.27. The number of rotatable bonds is 2. The molecule has 0 radical (unpaired) electrons. The molecular weight excluding hydrogens is 280 g/mol. The molecule has 0 bridgehead atoms. The van der Waals surface area contributed by atoms with Crippen LogP contribution in [-0.4, -0.2) is 10.8 Å². The van der Waals surface area contributed by atoms with Crippen LogP contribution >= 0.6 is 22.9 Å². The molecule has 1 aromatic carbocycles. The van der Waals surface area contributed by atoms with E-state index in [1.807, 2.05) is 24.3 Å². The predicted octanol–water partition coefficient (Wildman–Crippen LogP) is 3.76. The minimum absolute atomic E-state index is 0.197. The van der Waals surface area contributed by atoms with Crippen LogP contribution in [0, 0.1) is 0 Å². The van der Waals surface area contributed by atoms with E-state index in [0.717, 1.165) is 5.39 Å². The number of para-hydroxylation sites is 1. The molecule has 0 spiro atoms. The van der Waals surface area contributed by atoms with Gasteiger partial charge in [-0.3, -0.25) is 4.79 Å². The number of ketones is 1. The minimum atomic E-state index is -0.197. The monoisotopic (exact) mass is 288 g/mol. The minimum Gasteiger partial charge on any atom is -0.398 e. The van der Waals surface area contributed by atoms with Gasteiger partial charge in [0.1, 0.15) is 5.69 Å². The van der Waals surface area contributed by atoms with Crippen molar-refractivity contribution >= 4 is 45.3 Å². The van der Waals surface area contributed by atoms with Gasteiger partial charge in [-0.15, -0.1) is 11.3 Å². The van der Waals surface area contributed by atoms with Crippen molar-refractivity contribution in [3.8, 4) is 0 Å². The number of nitrogens with two attached hydrogens (primary N) is 1. The third kappa shape index (κ3) is 2.09. The van der Waals surface area contributed by atoms with Crippen molar-refractivity contribution in [2.75, 3.05) is 5.73 Å². The number of aromatic nitrogens is 1. The zero-order valence-electron chi connectivity index (χ0n) is 9.76. The topological polar surface area (TPSA) is 56.0 Å². The summed E-state index contributed by atoms with van der Waals surface area (Å²) < 4.78 is 0. The normalized spacial score (nSPS) is 10.8. The number of anilines is 1. The molecule has 3 nitrogen and oxygen atoms in total. The molecule has 5 heteroatoms. The first-order valence-electron chi connectivity index (χ1n) is 5.60. The van der Waals surface area contributed by atoms with Gasteiger partial charge < -0.3 is 5.73 Å². The average molecular weight is 289 g/mol. The summed E-state index contributed by atoms with van der Waals surface area (Å²) in [6, 6.07) is 10.8. The van der Waals surface area contributed by atoms with Crippen molar-refractivity contribution < 1.29 is 4.79 Å². The quantitative estimate of drug-likeness (QED) is 0.730. The summed E-state index contributed by atoms with van der Waals surface area (Å²) in [6.45, 7) is 0. The summed E-state index contributed by atoms with van der Waals surface area (Å²) in [5.41, 5.74) is 7.53. The SMILES string of the molecule is Nc1cc(C(=O)c2sccc2Cl)nc2ccccc12. The van der Waals surface area contributed by atoms with E-state index >= 15 is 0 Å².